The minimum Gasteiger partial charge on any atom is -0.355 e. The second kappa shape index (κ2) is 10.2. The van der Waals surface area contributed by atoms with Crippen LogP contribution in [0.1, 0.15) is 18.1 Å². The maximum Gasteiger partial charge on any atom is 0.191 e. The Bertz CT molecular complexity index is 566. The zero-order valence-corrected chi connectivity index (χ0v) is 15.5. The molecule has 0 radical (unpaired) electrons. The summed E-state index contributed by atoms with van der Waals surface area (Å²) < 4.78 is 2.03. The normalized spacial score (nSPS) is 10.9. The van der Waals surface area contributed by atoms with Gasteiger partial charge in [-0.3, -0.25) is 4.99 Å². The molecule has 0 amide bonds. The summed E-state index contributed by atoms with van der Waals surface area (Å²) >= 11 is 0. The first kappa shape index (κ1) is 18.5. The van der Waals surface area contributed by atoms with Gasteiger partial charge in [0, 0.05) is 39.1 Å². The lowest BCUT2D eigenvalue weighted by Gasteiger charge is -2.14. The molecule has 0 unspecified atom stereocenters. The van der Waals surface area contributed by atoms with Crippen LogP contribution in [-0.2, 0) is 19.5 Å². The molecule has 120 valence electrons. The van der Waals surface area contributed by atoms with Gasteiger partial charge in [0.1, 0.15) is 0 Å². The summed E-state index contributed by atoms with van der Waals surface area (Å²) in [7, 11) is 1.79. The highest BCUT2D eigenvalue weighted by Crippen LogP contribution is 2.08. The average Bonchev–Trinajstić information content (AvgIpc) is 3.04. The Balaban J connectivity index is 0.00000242. The molecule has 2 aromatic rings. The van der Waals surface area contributed by atoms with Crippen molar-refractivity contribution in [1.29, 1.82) is 0 Å². The van der Waals surface area contributed by atoms with Crippen molar-refractivity contribution in [2.24, 2.45) is 4.99 Å². The van der Waals surface area contributed by atoms with Crippen molar-refractivity contribution in [3.63, 3.8) is 0 Å². The zero-order chi connectivity index (χ0) is 14.9. The first-order chi connectivity index (χ1) is 10.3. The monoisotopic (exact) mass is 413 g/mol. The molecule has 1 heterocycles. The first-order valence-electron chi connectivity index (χ1n) is 7.30. The molecule has 0 saturated heterocycles. The highest BCUT2D eigenvalue weighted by Gasteiger charge is 2.01. The smallest absolute Gasteiger partial charge is 0.191 e. The average molecular weight is 413 g/mol. The molecule has 0 aliphatic rings. The molecule has 22 heavy (non-hydrogen) atoms. The number of nitrogens with zero attached hydrogens (tertiary/aromatic N) is 3. The van der Waals surface area contributed by atoms with Crippen LogP contribution in [0.5, 0.6) is 0 Å². The number of hydrogen-bond donors (Lipinski definition) is 2. The summed E-state index contributed by atoms with van der Waals surface area (Å²) in [5.74, 6) is 0.820. The molecular formula is C16H24IN5. The van der Waals surface area contributed by atoms with E-state index in [0.717, 1.165) is 32.0 Å². The van der Waals surface area contributed by atoms with Crippen molar-refractivity contribution in [3.8, 4) is 0 Å². The Morgan fingerprint density at radius 2 is 2.00 bits per heavy atom. The third-order valence-corrected chi connectivity index (χ3v) is 3.39. The lowest BCUT2D eigenvalue weighted by atomic mass is 10.1. The molecule has 6 heteroatoms. The third-order valence-electron chi connectivity index (χ3n) is 3.39. The second-order valence-electron chi connectivity index (χ2n) is 4.78. The van der Waals surface area contributed by atoms with Crippen LogP contribution in [0.3, 0.4) is 0 Å². The fourth-order valence-electron chi connectivity index (χ4n) is 2.20. The number of aromatic nitrogens is 2. The summed E-state index contributed by atoms with van der Waals surface area (Å²) in [4.78, 5) is 8.27. The van der Waals surface area contributed by atoms with Crippen molar-refractivity contribution in [1.82, 2.24) is 20.2 Å². The van der Waals surface area contributed by atoms with E-state index < -0.39 is 0 Å². The standard InChI is InChI=1S/C16H23N5.HI/c1-3-14-6-4-5-7-15(14)12-20-16(17-2)19-9-11-21-10-8-18-13-21;/h4-8,10,13H,3,9,11-12H2,1-2H3,(H2,17,19,20);1H. The van der Waals surface area contributed by atoms with E-state index >= 15 is 0 Å². The van der Waals surface area contributed by atoms with Gasteiger partial charge in [-0.15, -0.1) is 24.0 Å². The number of rotatable bonds is 6. The van der Waals surface area contributed by atoms with Gasteiger partial charge >= 0.3 is 0 Å². The summed E-state index contributed by atoms with van der Waals surface area (Å²) in [5.41, 5.74) is 2.69. The van der Waals surface area contributed by atoms with E-state index in [0.29, 0.717) is 0 Å². The van der Waals surface area contributed by atoms with Gasteiger partial charge in [-0.1, -0.05) is 31.2 Å². The van der Waals surface area contributed by atoms with Crippen molar-refractivity contribution < 1.29 is 0 Å². The quantitative estimate of drug-likeness (QED) is 0.435. The lowest BCUT2D eigenvalue weighted by molar-refractivity contribution is 0.661. The van der Waals surface area contributed by atoms with Crippen LogP contribution >= 0.6 is 24.0 Å². The molecule has 0 bridgehead atoms. The minimum absolute atomic E-state index is 0. The third kappa shape index (κ3) is 5.67. The topological polar surface area (TPSA) is 54.2 Å². The highest BCUT2D eigenvalue weighted by molar-refractivity contribution is 14.0. The zero-order valence-electron chi connectivity index (χ0n) is 13.1. The Kier molecular flexibility index (Phi) is 8.57. The molecule has 0 atom stereocenters. The summed E-state index contributed by atoms with van der Waals surface area (Å²) in [6.07, 6.45) is 6.60. The van der Waals surface area contributed by atoms with Gasteiger partial charge in [0.25, 0.3) is 0 Å². The van der Waals surface area contributed by atoms with Crippen LogP contribution in [0, 0.1) is 0 Å². The van der Waals surface area contributed by atoms with E-state index in [1.807, 2.05) is 17.1 Å². The number of aliphatic imine (C=N–C) groups is 1. The van der Waals surface area contributed by atoms with Gasteiger partial charge in [-0.2, -0.15) is 0 Å². The maximum absolute atomic E-state index is 4.25. The molecule has 0 spiro atoms. The molecule has 0 fully saturated rings. The number of aryl methyl sites for hydroxylation is 1. The molecule has 1 aromatic heterocycles. The van der Waals surface area contributed by atoms with Gasteiger partial charge in [-0.25, -0.2) is 4.98 Å². The first-order valence-corrected chi connectivity index (χ1v) is 7.30. The van der Waals surface area contributed by atoms with Crippen molar-refractivity contribution in [3.05, 3.63) is 54.1 Å². The van der Waals surface area contributed by atoms with Crippen LogP contribution in [0.25, 0.3) is 0 Å². The summed E-state index contributed by atoms with van der Waals surface area (Å²) in [6.45, 7) is 4.64. The van der Waals surface area contributed by atoms with Gasteiger partial charge in [0.2, 0.25) is 0 Å². The fourth-order valence-corrected chi connectivity index (χ4v) is 2.20. The van der Waals surface area contributed by atoms with E-state index in [1.165, 1.54) is 11.1 Å². The van der Waals surface area contributed by atoms with Crippen LogP contribution in [0.15, 0.2) is 48.0 Å². The Labute approximate surface area is 149 Å². The predicted molar refractivity (Wildman–Crippen MR) is 102 cm³/mol. The number of hydrogen-bond acceptors (Lipinski definition) is 2. The Hall–Kier alpha value is -1.57. The molecule has 0 saturated carbocycles. The van der Waals surface area contributed by atoms with Crippen LogP contribution < -0.4 is 10.6 Å². The molecule has 1 aromatic carbocycles. The van der Waals surface area contributed by atoms with Gasteiger partial charge in [-0.05, 0) is 17.5 Å². The van der Waals surface area contributed by atoms with Gasteiger partial charge < -0.3 is 15.2 Å². The van der Waals surface area contributed by atoms with Gasteiger partial charge in [0.15, 0.2) is 5.96 Å². The number of guanidine groups is 1. The lowest BCUT2D eigenvalue weighted by Crippen LogP contribution is -2.38. The molecular weight excluding hydrogens is 389 g/mol. The fraction of sp³-hybridized carbons (Fsp3) is 0.375. The maximum atomic E-state index is 4.25. The number of benzene rings is 1. The predicted octanol–water partition coefficient (Wildman–Crippen LogP) is 2.43. The molecule has 5 nitrogen and oxygen atoms in total. The molecule has 2 rings (SSSR count). The highest BCUT2D eigenvalue weighted by atomic mass is 127. The van der Waals surface area contributed by atoms with Gasteiger partial charge in [0.05, 0.1) is 6.33 Å². The number of nitrogens with one attached hydrogen (secondary N) is 2. The second-order valence-corrected chi connectivity index (χ2v) is 4.78. The van der Waals surface area contributed by atoms with E-state index in [-0.39, 0.29) is 24.0 Å². The van der Waals surface area contributed by atoms with Crippen LogP contribution in [-0.4, -0.2) is 29.1 Å². The SMILES string of the molecule is CCc1ccccc1CNC(=NC)NCCn1ccnc1.I. The van der Waals surface area contributed by atoms with Crippen molar-refractivity contribution in [2.45, 2.75) is 26.4 Å². The Morgan fingerprint density at radius 1 is 1.23 bits per heavy atom. The summed E-state index contributed by atoms with van der Waals surface area (Å²) in [6, 6.07) is 8.49. The molecule has 0 aliphatic heterocycles. The van der Waals surface area contributed by atoms with Crippen molar-refractivity contribution >= 4 is 29.9 Å². The Morgan fingerprint density at radius 3 is 2.64 bits per heavy atom. The van der Waals surface area contributed by atoms with E-state index in [4.69, 9.17) is 0 Å². The molecule has 2 N–H and O–H groups in total. The van der Waals surface area contributed by atoms with E-state index in [9.17, 15) is 0 Å². The summed E-state index contributed by atoms with van der Waals surface area (Å²) in [5, 5.41) is 6.66. The van der Waals surface area contributed by atoms with Crippen LogP contribution in [0.4, 0.5) is 0 Å². The van der Waals surface area contributed by atoms with Crippen molar-refractivity contribution in [2.75, 3.05) is 13.6 Å². The molecule has 0 aliphatic carbocycles. The van der Waals surface area contributed by atoms with Crippen LogP contribution in [0.2, 0.25) is 0 Å². The van der Waals surface area contributed by atoms with E-state index in [2.05, 4.69) is 51.8 Å². The largest absolute Gasteiger partial charge is 0.355 e. The number of imidazole rings is 1. The van der Waals surface area contributed by atoms with E-state index in [1.54, 1.807) is 13.2 Å². The minimum atomic E-state index is 0. The number of halogens is 1.